The lowest BCUT2D eigenvalue weighted by Crippen LogP contribution is -2.28. The van der Waals surface area contributed by atoms with Crippen LogP contribution in [0, 0.1) is 0 Å². The average molecular weight is 354 g/mol. The molecule has 0 aromatic heterocycles. The Balaban J connectivity index is 2.52. The van der Waals surface area contributed by atoms with Gasteiger partial charge in [-0.15, -0.1) is 0 Å². The Morgan fingerprint density at radius 1 is 1.17 bits per heavy atom. The second-order valence-corrected chi connectivity index (χ2v) is 6.70. The number of aryl methyl sites for hydroxylation is 2. The van der Waals surface area contributed by atoms with Crippen LogP contribution in [0.5, 0.6) is 0 Å². The molecule has 1 rings (SSSR count). The summed E-state index contributed by atoms with van der Waals surface area (Å²) in [7, 11) is 0. The first-order chi connectivity index (χ1) is 11.5. The van der Waals surface area contributed by atoms with Crippen LogP contribution < -0.4 is 10.6 Å². The van der Waals surface area contributed by atoms with Crippen molar-refractivity contribution in [1.82, 2.24) is 4.84 Å². The van der Waals surface area contributed by atoms with E-state index in [2.05, 4.69) is 47.9 Å². The van der Waals surface area contributed by atoms with Crippen LogP contribution in [0.15, 0.2) is 29.3 Å². The van der Waals surface area contributed by atoms with E-state index in [0.717, 1.165) is 51.4 Å². The Kier molecular flexibility index (Phi) is 9.80. The first-order valence-electron chi connectivity index (χ1n) is 8.99. The van der Waals surface area contributed by atoms with E-state index >= 15 is 0 Å². The van der Waals surface area contributed by atoms with Crippen LogP contribution in [0.4, 0.5) is 0 Å². The van der Waals surface area contributed by atoms with E-state index in [0.29, 0.717) is 6.54 Å². The molecule has 0 aliphatic rings. The van der Waals surface area contributed by atoms with E-state index in [1.54, 1.807) is 0 Å². The highest BCUT2D eigenvalue weighted by molar-refractivity contribution is 6.21. The molecule has 0 spiro atoms. The van der Waals surface area contributed by atoms with Crippen molar-refractivity contribution >= 4 is 17.7 Å². The number of benzene rings is 1. The van der Waals surface area contributed by atoms with E-state index in [1.807, 2.05) is 0 Å². The zero-order valence-electron chi connectivity index (χ0n) is 15.0. The molecule has 0 aliphatic heterocycles. The molecule has 0 heterocycles. The van der Waals surface area contributed by atoms with Crippen molar-refractivity contribution in [2.24, 2.45) is 10.7 Å². The number of halogens is 1. The standard InChI is InChI=1S/C19H32ClN3O/c1-3-11-19(24,12-4-2)13-10-17-8-5-7-16(15-17)9-6-14-22-18(21)23-20/h5,7-8,15,24H,3-4,6,9-14H2,1-2H3,(H3,21,22,23). The lowest BCUT2D eigenvalue weighted by molar-refractivity contribution is 0.0132. The number of nitrogens with zero attached hydrogens (tertiary/aromatic N) is 1. The maximum absolute atomic E-state index is 10.7. The zero-order chi connectivity index (χ0) is 17.8. The van der Waals surface area contributed by atoms with Crippen LogP contribution >= 0.6 is 11.8 Å². The van der Waals surface area contributed by atoms with E-state index in [-0.39, 0.29) is 5.96 Å². The molecular formula is C19H32ClN3O. The first kappa shape index (κ1) is 20.8. The molecular weight excluding hydrogens is 322 g/mol. The zero-order valence-corrected chi connectivity index (χ0v) is 15.8. The quantitative estimate of drug-likeness (QED) is 0.244. The molecule has 4 nitrogen and oxygen atoms in total. The first-order valence-corrected chi connectivity index (χ1v) is 9.37. The lowest BCUT2D eigenvalue weighted by Gasteiger charge is -2.27. The van der Waals surface area contributed by atoms with Crippen molar-refractivity contribution < 1.29 is 5.11 Å². The molecule has 0 unspecified atom stereocenters. The van der Waals surface area contributed by atoms with Gasteiger partial charge in [0.2, 0.25) is 5.96 Å². The Hall–Kier alpha value is -1.26. The van der Waals surface area contributed by atoms with Crippen LogP contribution in [-0.4, -0.2) is 23.2 Å². The van der Waals surface area contributed by atoms with Crippen LogP contribution in [0.25, 0.3) is 0 Å². The second kappa shape index (κ2) is 11.3. The molecule has 0 bridgehead atoms. The second-order valence-electron chi connectivity index (χ2n) is 6.51. The Labute approximate surface area is 151 Å². The highest BCUT2D eigenvalue weighted by Crippen LogP contribution is 2.25. The van der Waals surface area contributed by atoms with Crippen molar-refractivity contribution in [3.63, 3.8) is 0 Å². The molecule has 0 radical (unpaired) electrons. The highest BCUT2D eigenvalue weighted by atomic mass is 35.5. The van der Waals surface area contributed by atoms with Crippen LogP contribution in [0.2, 0.25) is 0 Å². The molecule has 0 fully saturated rings. The Morgan fingerprint density at radius 2 is 1.79 bits per heavy atom. The Bertz CT molecular complexity index is 499. The summed E-state index contributed by atoms with van der Waals surface area (Å²) < 4.78 is 0. The predicted molar refractivity (Wildman–Crippen MR) is 103 cm³/mol. The van der Waals surface area contributed by atoms with Gasteiger partial charge in [-0.1, -0.05) is 51.0 Å². The van der Waals surface area contributed by atoms with E-state index in [4.69, 9.17) is 17.5 Å². The molecule has 136 valence electrons. The van der Waals surface area contributed by atoms with Crippen LogP contribution in [0.1, 0.15) is 63.5 Å². The van der Waals surface area contributed by atoms with Crippen molar-refractivity contribution in [2.75, 3.05) is 6.54 Å². The minimum atomic E-state index is -0.514. The van der Waals surface area contributed by atoms with Gasteiger partial charge in [0.05, 0.1) is 5.60 Å². The van der Waals surface area contributed by atoms with Crippen molar-refractivity contribution in [3.8, 4) is 0 Å². The molecule has 0 saturated carbocycles. The van der Waals surface area contributed by atoms with Gasteiger partial charge in [-0.25, -0.2) is 0 Å². The largest absolute Gasteiger partial charge is 0.390 e. The molecule has 5 heteroatoms. The molecule has 0 amide bonds. The molecule has 0 aliphatic carbocycles. The van der Waals surface area contributed by atoms with Gasteiger partial charge in [-0.2, -0.15) is 0 Å². The number of hydrogen-bond donors (Lipinski definition) is 3. The van der Waals surface area contributed by atoms with Gasteiger partial charge in [-0.3, -0.25) is 9.83 Å². The number of nitrogens with one attached hydrogen (secondary N) is 1. The third-order valence-corrected chi connectivity index (χ3v) is 4.50. The predicted octanol–water partition coefficient (Wildman–Crippen LogP) is 3.94. The van der Waals surface area contributed by atoms with Crippen LogP contribution in [-0.2, 0) is 12.8 Å². The monoisotopic (exact) mass is 353 g/mol. The number of guanidine groups is 1. The van der Waals surface area contributed by atoms with Gasteiger partial charge >= 0.3 is 0 Å². The SMILES string of the molecule is CCCC(O)(CCC)CCc1cccc(CCCN=C(N)NCl)c1. The molecule has 0 atom stereocenters. The number of nitrogens with two attached hydrogens (primary N) is 1. The van der Waals surface area contributed by atoms with E-state index < -0.39 is 5.60 Å². The fourth-order valence-electron chi connectivity index (χ4n) is 3.14. The average Bonchev–Trinajstić information content (AvgIpc) is 2.57. The summed E-state index contributed by atoms with van der Waals surface area (Å²) in [5.74, 6) is 0.261. The van der Waals surface area contributed by atoms with Crippen molar-refractivity contribution in [3.05, 3.63) is 35.4 Å². The molecule has 1 aromatic rings. The number of rotatable bonds is 11. The van der Waals surface area contributed by atoms with E-state index in [1.165, 1.54) is 11.1 Å². The number of hydrogen-bond acceptors (Lipinski definition) is 2. The molecule has 0 saturated heterocycles. The van der Waals surface area contributed by atoms with Gasteiger partial charge in [-0.05, 0) is 49.7 Å². The Morgan fingerprint density at radius 3 is 2.38 bits per heavy atom. The smallest absolute Gasteiger partial charge is 0.203 e. The summed E-state index contributed by atoms with van der Waals surface area (Å²) in [5.41, 5.74) is 7.57. The van der Waals surface area contributed by atoms with Gasteiger partial charge in [0.1, 0.15) is 0 Å². The summed E-state index contributed by atoms with van der Waals surface area (Å²) in [6.07, 6.45) is 7.46. The summed E-state index contributed by atoms with van der Waals surface area (Å²) in [4.78, 5) is 6.41. The van der Waals surface area contributed by atoms with Crippen molar-refractivity contribution in [2.45, 2.75) is 70.8 Å². The van der Waals surface area contributed by atoms with Crippen LogP contribution in [0.3, 0.4) is 0 Å². The van der Waals surface area contributed by atoms with Gasteiger partial charge < -0.3 is 10.8 Å². The fraction of sp³-hybridized carbons (Fsp3) is 0.632. The van der Waals surface area contributed by atoms with Gasteiger partial charge in [0, 0.05) is 18.3 Å². The fourth-order valence-corrected chi connectivity index (χ4v) is 3.20. The number of aliphatic hydroxyl groups is 1. The van der Waals surface area contributed by atoms with Gasteiger partial charge in [0.25, 0.3) is 0 Å². The lowest BCUT2D eigenvalue weighted by atomic mass is 9.86. The minimum absolute atomic E-state index is 0.261. The molecule has 24 heavy (non-hydrogen) atoms. The molecule has 1 aromatic carbocycles. The summed E-state index contributed by atoms with van der Waals surface area (Å²) >= 11 is 5.36. The third kappa shape index (κ3) is 8.02. The number of aliphatic imine (C=N–C) groups is 1. The topological polar surface area (TPSA) is 70.6 Å². The third-order valence-electron chi connectivity index (χ3n) is 4.30. The normalized spacial score (nSPS) is 12.4. The summed E-state index contributed by atoms with van der Waals surface area (Å²) in [6.45, 7) is 4.93. The molecule has 4 N–H and O–H groups in total. The minimum Gasteiger partial charge on any atom is -0.390 e. The van der Waals surface area contributed by atoms with E-state index in [9.17, 15) is 5.11 Å². The summed E-state index contributed by atoms with van der Waals surface area (Å²) in [6, 6.07) is 8.63. The maximum atomic E-state index is 10.7. The summed E-state index contributed by atoms with van der Waals surface area (Å²) in [5, 5.41) is 10.7. The maximum Gasteiger partial charge on any atom is 0.203 e. The highest BCUT2D eigenvalue weighted by Gasteiger charge is 2.24. The van der Waals surface area contributed by atoms with Gasteiger partial charge in [0.15, 0.2) is 0 Å². The van der Waals surface area contributed by atoms with Crippen molar-refractivity contribution in [1.29, 1.82) is 0 Å².